The molecule has 1 N–H and O–H groups in total. The van der Waals surface area contributed by atoms with E-state index in [1.54, 1.807) is 12.1 Å². The van der Waals surface area contributed by atoms with Gasteiger partial charge in [-0.25, -0.2) is 0 Å². The first-order chi connectivity index (χ1) is 7.75. The van der Waals surface area contributed by atoms with Gasteiger partial charge >= 0.3 is 0 Å². The molecule has 1 saturated heterocycles. The van der Waals surface area contributed by atoms with Gasteiger partial charge in [0.2, 0.25) is 0 Å². The molecule has 1 aliphatic heterocycles. The number of rotatable bonds is 3. The standard InChI is InChI=1S/C11H14BrNO2S/c12-10-5-4-9(15-10)11(14)13-7-8-3-1-2-6-16-8/h4-5,8H,1-3,6-7H2,(H,13,14). The third-order valence-corrected chi connectivity index (χ3v) is 4.39. The second-order valence-corrected chi connectivity index (χ2v) is 5.99. The van der Waals surface area contributed by atoms with Crippen LogP contribution in [0.4, 0.5) is 0 Å². The highest BCUT2D eigenvalue weighted by atomic mass is 79.9. The normalized spacial score (nSPS) is 20.7. The van der Waals surface area contributed by atoms with E-state index in [9.17, 15) is 4.79 Å². The number of halogens is 1. The summed E-state index contributed by atoms with van der Waals surface area (Å²) in [6, 6.07) is 3.40. The van der Waals surface area contributed by atoms with Gasteiger partial charge in [-0.1, -0.05) is 6.42 Å². The monoisotopic (exact) mass is 303 g/mol. The van der Waals surface area contributed by atoms with Gasteiger partial charge in [-0.15, -0.1) is 0 Å². The van der Waals surface area contributed by atoms with E-state index in [-0.39, 0.29) is 5.91 Å². The molecule has 1 fully saturated rings. The molecule has 1 aliphatic rings. The zero-order chi connectivity index (χ0) is 11.4. The van der Waals surface area contributed by atoms with E-state index in [2.05, 4.69) is 21.2 Å². The molecule has 88 valence electrons. The third kappa shape index (κ3) is 3.28. The minimum Gasteiger partial charge on any atom is -0.444 e. The molecule has 0 saturated carbocycles. The van der Waals surface area contributed by atoms with Crippen molar-refractivity contribution in [2.75, 3.05) is 12.3 Å². The van der Waals surface area contributed by atoms with E-state index in [0.717, 1.165) is 6.54 Å². The van der Waals surface area contributed by atoms with Crippen LogP contribution in [0.25, 0.3) is 0 Å². The number of furan rings is 1. The number of thioether (sulfide) groups is 1. The van der Waals surface area contributed by atoms with Gasteiger partial charge in [0.25, 0.3) is 5.91 Å². The Labute approximate surface area is 107 Å². The lowest BCUT2D eigenvalue weighted by Gasteiger charge is -2.21. The molecule has 16 heavy (non-hydrogen) atoms. The Kier molecular flexibility index (Phi) is 4.35. The Balaban J connectivity index is 1.79. The van der Waals surface area contributed by atoms with Gasteiger partial charge in [0.05, 0.1) is 0 Å². The van der Waals surface area contributed by atoms with Crippen molar-refractivity contribution in [3.05, 3.63) is 22.6 Å². The van der Waals surface area contributed by atoms with E-state index in [4.69, 9.17) is 4.42 Å². The van der Waals surface area contributed by atoms with Crippen molar-refractivity contribution in [2.24, 2.45) is 0 Å². The maximum Gasteiger partial charge on any atom is 0.287 e. The molecular weight excluding hydrogens is 290 g/mol. The van der Waals surface area contributed by atoms with Crippen LogP contribution in [-0.2, 0) is 0 Å². The van der Waals surface area contributed by atoms with Gasteiger partial charge in [-0.3, -0.25) is 4.79 Å². The summed E-state index contributed by atoms with van der Waals surface area (Å²) in [5, 5.41) is 3.47. The van der Waals surface area contributed by atoms with Crippen LogP contribution in [-0.4, -0.2) is 23.5 Å². The van der Waals surface area contributed by atoms with Crippen molar-refractivity contribution < 1.29 is 9.21 Å². The van der Waals surface area contributed by atoms with Crippen molar-refractivity contribution >= 4 is 33.6 Å². The molecule has 2 rings (SSSR count). The predicted molar refractivity (Wildman–Crippen MR) is 68.8 cm³/mol. The Hall–Kier alpha value is -0.420. The van der Waals surface area contributed by atoms with Crippen molar-refractivity contribution in [3.8, 4) is 0 Å². The number of nitrogens with one attached hydrogen (secondary N) is 1. The summed E-state index contributed by atoms with van der Waals surface area (Å²) in [4.78, 5) is 11.7. The van der Waals surface area contributed by atoms with Crippen LogP contribution in [0.2, 0.25) is 0 Å². The van der Waals surface area contributed by atoms with E-state index < -0.39 is 0 Å². The fraction of sp³-hybridized carbons (Fsp3) is 0.545. The molecule has 0 radical (unpaired) electrons. The van der Waals surface area contributed by atoms with Crippen LogP contribution in [0.3, 0.4) is 0 Å². The molecule has 5 heteroatoms. The Morgan fingerprint density at radius 1 is 1.56 bits per heavy atom. The second kappa shape index (κ2) is 5.77. The van der Waals surface area contributed by atoms with Gasteiger partial charge in [0, 0.05) is 11.8 Å². The van der Waals surface area contributed by atoms with E-state index in [1.165, 1.54) is 25.0 Å². The van der Waals surface area contributed by atoms with Crippen molar-refractivity contribution in [2.45, 2.75) is 24.5 Å². The molecule has 3 nitrogen and oxygen atoms in total. The van der Waals surface area contributed by atoms with Gasteiger partial charge in [0.1, 0.15) is 0 Å². The average molecular weight is 304 g/mol. The van der Waals surface area contributed by atoms with Crippen molar-refractivity contribution in [3.63, 3.8) is 0 Å². The molecule has 0 aliphatic carbocycles. The first-order valence-corrected chi connectivity index (χ1v) is 7.25. The summed E-state index contributed by atoms with van der Waals surface area (Å²) in [5.41, 5.74) is 0. The lowest BCUT2D eigenvalue weighted by Crippen LogP contribution is -2.31. The first-order valence-electron chi connectivity index (χ1n) is 5.41. The third-order valence-electron chi connectivity index (χ3n) is 2.56. The summed E-state index contributed by atoms with van der Waals surface area (Å²) >= 11 is 5.13. The highest BCUT2D eigenvalue weighted by Gasteiger charge is 2.16. The SMILES string of the molecule is O=C(NCC1CCCCS1)c1ccc(Br)o1. The molecule has 0 aromatic carbocycles. The number of carbonyl (C=O) groups excluding carboxylic acids is 1. The Bertz CT molecular complexity index is 361. The first kappa shape index (κ1) is 12.0. The molecule has 0 bridgehead atoms. The Morgan fingerprint density at radius 3 is 3.06 bits per heavy atom. The lowest BCUT2D eigenvalue weighted by atomic mass is 10.2. The van der Waals surface area contributed by atoms with Crippen molar-refractivity contribution in [1.29, 1.82) is 0 Å². The predicted octanol–water partition coefficient (Wildman–Crippen LogP) is 3.06. The highest BCUT2D eigenvalue weighted by Crippen LogP contribution is 2.24. The highest BCUT2D eigenvalue weighted by molar-refractivity contribution is 9.10. The van der Waals surface area contributed by atoms with Gasteiger partial charge < -0.3 is 9.73 Å². The fourth-order valence-electron chi connectivity index (χ4n) is 1.70. The number of hydrogen-bond donors (Lipinski definition) is 1. The van der Waals surface area contributed by atoms with Crippen molar-refractivity contribution in [1.82, 2.24) is 5.32 Å². The smallest absolute Gasteiger partial charge is 0.287 e. The van der Waals surface area contributed by atoms with Gasteiger partial charge in [0.15, 0.2) is 10.4 Å². The summed E-state index contributed by atoms with van der Waals surface area (Å²) in [6.45, 7) is 0.738. The molecule has 1 amide bonds. The minimum atomic E-state index is -0.128. The summed E-state index contributed by atoms with van der Waals surface area (Å²) in [7, 11) is 0. The summed E-state index contributed by atoms with van der Waals surface area (Å²) in [6.07, 6.45) is 3.78. The van der Waals surface area contributed by atoms with Gasteiger partial charge in [-0.05, 0) is 46.7 Å². The number of carbonyl (C=O) groups is 1. The van der Waals surface area contributed by atoms with Crippen LogP contribution in [0.1, 0.15) is 29.8 Å². The molecule has 1 aromatic heterocycles. The molecule has 0 spiro atoms. The molecule has 2 heterocycles. The summed E-state index contributed by atoms with van der Waals surface area (Å²) in [5.74, 6) is 1.46. The number of hydrogen-bond acceptors (Lipinski definition) is 3. The van der Waals surface area contributed by atoms with Crippen LogP contribution >= 0.6 is 27.7 Å². The molecule has 1 aromatic rings. The van der Waals surface area contributed by atoms with E-state index in [1.807, 2.05) is 11.8 Å². The second-order valence-electron chi connectivity index (χ2n) is 3.80. The van der Waals surface area contributed by atoms with Crippen LogP contribution in [0.5, 0.6) is 0 Å². The van der Waals surface area contributed by atoms with E-state index in [0.29, 0.717) is 15.7 Å². The van der Waals surface area contributed by atoms with Crippen LogP contribution < -0.4 is 5.32 Å². The minimum absolute atomic E-state index is 0.128. The van der Waals surface area contributed by atoms with Crippen LogP contribution in [0, 0.1) is 0 Å². The molecule has 1 unspecified atom stereocenters. The maximum absolute atomic E-state index is 11.7. The maximum atomic E-state index is 11.7. The largest absolute Gasteiger partial charge is 0.444 e. The average Bonchev–Trinajstić information content (AvgIpc) is 2.74. The Morgan fingerprint density at radius 2 is 2.44 bits per heavy atom. The lowest BCUT2D eigenvalue weighted by molar-refractivity contribution is 0.0924. The van der Waals surface area contributed by atoms with Gasteiger partial charge in [-0.2, -0.15) is 11.8 Å². The number of amides is 1. The van der Waals surface area contributed by atoms with E-state index >= 15 is 0 Å². The topological polar surface area (TPSA) is 42.2 Å². The quantitative estimate of drug-likeness (QED) is 0.933. The molecular formula is C11H14BrNO2S. The summed E-state index contributed by atoms with van der Waals surface area (Å²) < 4.78 is 5.77. The van der Waals surface area contributed by atoms with Crippen LogP contribution in [0.15, 0.2) is 21.2 Å². The molecule has 1 atom stereocenters. The zero-order valence-corrected chi connectivity index (χ0v) is 11.3. The zero-order valence-electron chi connectivity index (χ0n) is 8.87. The fourth-order valence-corrected chi connectivity index (χ4v) is 3.24.